The molecule has 0 aliphatic carbocycles. The molecule has 0 aromatic heterocycles. The quantitative estimate of drug-likeness (QED) is 0.547. The van der Waals surface area contributed by atoms with Gasteiger partial charge < -0.3 is 10.2 Å². The van der Waals surface area contributed by atoms with Crippen molar-refractivity contribution >= 4 is 34.8 Å². The van der Waals surface area contributed by atoms with Crippen molar-refractivity contribution in [3.8, 4) is 0 Å². The number of amides is 2. The molecule has 0 unspecified atom stereocenters. The fraction of sp³-hybridized carbons (Fsp3) is 0.192. The van der Waals surface area contributed by atoms with E-state index in [-0.39, 0.29) is 11.8 Å². The first-order valence-corrected chi connectivity index (χ1v) is 10.6. The molecule has 31 heavy (non-hydrogen) atoms. The minimum Gasteiger partial charge on any atom is -0.322 e. The first kappa shape index (κ1) is 21.1. The summed E-state index contributed by atoms with van der Waals surface area (Å²) in [7, 11) is 0. The lowest BCUT2D eigenvalue weighted by atomic mass is 10.0. The van der Waals surface area contributed by atoms with Crippen molar-refractivity contribution in [3.63, 3.8) is 0 Å². The average Bonchev–Trinajstić information content (AvgIpc) is 2.95. The molecule has 2 radical (unpaired) electrons. The van der Waals surface area contributed by atoms with Gasteiger partial charge in [-0.25, -0.2) is 0 Å². The highest BCUT2D eigenvalue weighted by atomic mass is 35.5. The lowest BCUT2D eigenvalue weighted by Crippen LogP contribution is -2.32. The Morgan fingerprint density at radius 2 is 1.77 bits per heavy atom. The molecule has 0 fully saturated rings. The summed E-state index contributed by atoms with van der Waals surface area (Å²) in [6.07, 6.45) is 4.95. The molecule has 1 aliphatic rings. The van der Waals surface area contributed by atoms with Crippen LogP contribution in [-0.4, -0.2) is 18.4 Å². The summed E-state index contributed by atoms with van der Waals surface area (Å²) in [5, 5.41) is 3.56. The van der Waals surface area contributed by atoms with E-state index in [0.717, 1.165) is 35.2 Å². The Morgan fingerprint density at radius 1 is 0.968 bits per heavy atom. The average molecular weight is 431 g/mol. The predicted octanol–water partition coefficient (Wildman–Crippen LogP) is 6.08. The topological polar surface area (TPSA) is 49.4 Å². The van der Waals surface area contributed by atoms with Crippen molar-refractivity contribution in [1.82, 2.24) is 0 Å². The second-order valence-electron chi connectivity index (χ2n) is 7.70. The van der Waals surface area contributed by atoms with Crippen LogP contribution in [0.4, 0.5) is 11.4 Å². The lowest BCUT2D eigenvalue weighted by Gasteiger charge is -2.24. The van der Waals surface area contributed by atoms with E-state index < -0.39 is 0 Å². The maximum atomic E-state index is 13.4. The van der Waals surface area contributed by atoms with Crippen LogP contribution in [0.2, 0.25) is 5.02 Å². The lowest BCUT2D eigenvalue weighted by molar-refractivity contribution is 0.0985. The Morgan fingerprint density at radius 3 is 2.55 bits per heavy atom. The number of carbonyl (C=O) groups excluding carboxylic acids is 2. The molecule has 4 nitrogen and oxygen atoms in total. The molecule has 0 spiro atoms. The van der Waals surface area contributed by atoms with Gasteiger partial charge in [-0.2, -0.15) is 0 Å². The molecule has 3 aromatic rings. The summed E-state index contributed by atoms with van der Waals surface area (Å²) in [5.74, 6) is -0.234. The number of hydrogen-bond donors (Lipinski definition) is 1. The molecule has 0 atom stereocenters. The van der Waals surface area contributed by atoms with E-state index in [1.807, 2.05) is 50.2 Å². The third kappa shape index (κ3) is 4.49. The van der Waals surface area contributed by atoms with Crippen LogP contribution in [0.5, 0.6) is 0 Å². The zero-order chi connectivity index (χ0) is 22.0. The largest absolute Gasteiger partial charge is 0.322 e. The van der Waals surface area contributed by atoms with Gasteiger partial charge in [0.1, 0.15) is 0 Å². The third-order valence-electron chi connectivity index (χ3n) is 5.47. The Labute approximate surface area is 187 Å². The molecule has 0 saturated carbocycles. The highest BCUT2D eigenvalue weighted by Crippen LogP contribution is 2.31. The Hall–Kier alpha value is -3.11. The van der Waals surface area contributed by atoms with Crippen molar-refractivity contribution < 1.29 is 9.59 Å². The summed E-state index contributed by atoms with van der Waals surface area (Å²) in [4.78, 5) is 27.8. The zero-order valence-electron chi connectivity index (χ0n) is 17.5. The van der Waals surface area contributed by atoms with E-state index >= 15 is 0 Å². The zero-order valence-corrected chi connectivity index (χ0v) is 18.3. The smallest absolute Gasteiger partial charge is 0.258 e. The first-order chi connectivity index (χ1) is 14.9. The van der Waals surface area contributed by atoms with E-state index in [9.17, 15) is 9.59 Å². The van der Waals surface area contributed by atoms with E-state index in [2.05, 4.69) is 11.7 Å². The molecule has 5 heteroatoms. The number of benzene rings is 3. The number of fused-ring (bicyclic) bond motifs is 1. The van der Waals surface area contributed by atoms with Crippen LogP contribution in [0, 0.1) is 20.3 Å². The van der Waals surface area contributed by atoms with Crippen molar-refractivity contribution in [2.75, 3.05) is 16.8 Å². The molecule has 0 saturated heterocycles. The number of hydrogen-bond acceptors (Lipinski definition) is 2. The maximum absolute atomic E-state index is 13.4. The first-order valence-electron chi connectivity index (χ1n) is 10.3. The molecular formula is C26H23ClN2O2. The molecule has 0 bridgehead atoms. The van der Waals surface area contributed by atoms with Crippen LogP contribution in [0.3, 0.4) is 0 Å². The number of carbonyl (C=O) groups is 2. The number of nitrogens with zero attached hydrogens (tertiary/aromatic N) is 1. The fourth-order valence-corrected chi connectivity index (χ4v) is 4.00. The van der Waals surface area contributed by atoms with E-state index in [4.69, 9.17) is 11.6 Å². The molecule has 2 amide bonds. The Bertz CT molecular complexity index is 1160. The molecular weight excluding hydrogens is 408 g/mol. The van der Waals surface area contributed by atoms with Crippen LogP contribution in [0.1, 0.15) is 50.2 Å². The minimum absolute atomic E-state index is 0.0680. The van der Waals surface area contributed by atoms with E-state index in [1.165, 1.54) is 0 Å². The number of halogens is 1. The van der Waals surface area contributed by atoms with Crippen LogP contribution in [0.15, 0.2) is 60.7 Å². The van der Waals surface area contributed by atoms with Gasteiger partial charge in [-0.1, -0.05) is 29.8 Å². The molecule has 1 aliphatic heterocycles. The van der Waals surface area contributed by atoms with Crippen LogP contribution in [0.25, 0.3) is 0 Å². The number of aryl methyl sites for hydroxylation is 2. The Balaban J connectivity index is 1.58. The summed E-state index contributed by atoms with van der Waals surface area (Å²) < 4.78 is 0. The SMILES string of the molecule is Cc1ccccc1C(=O)Nc1ccc(C(=O)N2CCC[C]c3cc(Cl)ccc32)c(C)c1. The summed E-state index contributed by atoms with van der Waals surface area (Å²) >= 11 is 6.13. The summed E-state index contributed by atoms with van der Waals surface area (Å²) in [5.41, 5.74) is 5.30. The minimum atomic E-state index is -0.166. The van der Waals surface area contributed by atoms with Crippen molar-refractivity contribution in [3.05, 3.63) is 99.9 Å². The van der Waals surface area contributed by atoms with Gasteiger partial charge in [0, 0.05) is 40.5 Å². The van der Waals surface area contributed by atoms with Gasteiger partial charge in [0.15, 0.2) is 0 Å². The van der Waals surface area contributed by atoms with Gasteiger partial charge in [-0.3, -0.25) is 9.59 Å². The molecule has 156 valence electrons. The van der Waals surface area contributed by atoms with Crippen LogP contribution < -0.4 is 10.2 Å². The summed E-state index contributed by atoms with van der Waals surface area (Å²) in [6.45, 7) is 4.41. The summed E-state index contributed by atoms with van der Waals surface area (Å²) in [6, 6.07) is 18.4. The van der Waals surface area contributed by atoms with Crippen LogP contribution in [-0.2, 0) is 0 Å². The van der Waals surface area contributed by atoms with Crippen molar-refractivity contribution in [1.29, 1.82) is 0 Å². The maximum Gasteiger partial charge on any atom is 0.258 e. The van der Waals surface area contributed by atoms with Gasteiger partial charge in [-0.15, -0.1) is 0 Å². The second kappa shape index (κ2) is 8.94. The van der Waals surface area contributed by atoms with Gasteiger partial charge >= 0.3 is 0 Å². The van der Waals surface area contributed by atoms with E-state index in [0.29, 0.717) is 28.4 Å². The molecule has 1 heterocycles. The van der Waals surface area contributed by atoms with Gasteiger partial charge in [-0.05, 0) is 85.8 Å². The monoisotopic (exact) mass is 430 g/mol. The van der Waals surface area contributed by atoms with Gasteiger partial charge in [0.05, 0.1) is 0 Å². The highest BCUT2D eigenvalue weighted by molar-refractivity contribution is 6.30. The van der Waals surface area contributed by atoms with Crippen molar-refractivity contribution in [2.45, 2.75) is 26.7 Å². The second-order valence-corrected chi connectivity index (χ2v) is 8.13. The number of rotatable bonds is 3. The highest BCUT2D eigenvalue weighted by Gasteiger charge is 2.24. The molecule has 1 N–H and O–H groups in total. The van der Waals surface area contributed by atoms with Crippen LogP contribution >= 0.6 is 11.6 Å². The van der Waals surface area contributed by atoms with E-state index in [1.54, 1.807) is 29.2 Å². The van der Waals surface area contributed by atoms with Crippen molar-refractivity contribution in [2.24, 2.45) is 0 Å². The molecule has 3 aromatic carbocycles. The third-order valence-corrected chi connectivity index (χ3v) is 5.71. The fourth-order valence-electron chi connectivity index (χ4n) is 3.83. The standard InChI is InChI=1S/C26H23ClN2O2/c1-17-7-3-4-9-22(17)25(30)28-21-11-12-23(18(2)15-21)26(31)29-14-6-5-8-19-16-20(27)10-13-24(19)29/h3-4,7,9-13,15-16H,5-6,14H2,1-2H3,(H,28,30). The number of nitrogens with one attached hydrogen (secondary N) is 1. The van der Waals surface area contributed by atoms with Gasteiger partial charge in [0.2, 0.25) is 0 Å². The normalized spacial score (nSPS) is 13.3. The van der Waals surface area contributed by atoms with Gasteiger partial charge in [0.25, 0.3) is 11.8 Å². The number of anilines is 2. The Kier molecular flexibility index (Phi) is 6.10. The predicted molar refractivity (Wildman–Crippen MR) is 125 cm³/mol. The molecule has 4 rings (SSSR count).